The van der Waals surface area contributed by atoms with E-state index in [1.54, 1.807) is 37.3 Å². The first-order valence-corrected chi connectivity index (χ1v) is 8.77. The van der Waals surface area contributed by atoms with Gasteiger partial charge in [-0.15, -0.1) is 0 Å². The van der Waals surface area contributed by atoms with E-state index in [-0.39, 0.29) is 18.1 Å². The molecule has 0 unspecified atom stereocenters. The Bertz CT molecular complexity index is 974. The summed E-state index contributed by atoms with van der Waals surface area (Å²) in [4.78, 5) is 16.3. The second kappa shape index (κ2) is 9.13. The summed E-state index contributed by atoms with van der Waals surface area (Å²) in [6.07, 6.45) is 0.430. The summed E-state index contributed by atoms with van der Waals surface area (Å²) in [6.45, 7) is -1.28. The molecule has 0 fully saturated rings. The van der Waals surface area contributed by atoms with Crippen LogP contribution in [0.15, 0.2) is 47.0 Å². The molecule has 1 N–H and O–H groups in total. The molecule has 1 amide bonds. The van der Waals surface area contributed by atoms with Crippen LogP contribution in [-0.4, -0.2) is 29.8 Å². The van der Waals surface area contributed by atoms with E-state index in [4.69, 9.17) is 9.26 Å². The number of ether oxygens (including phenoxy) is 2. The van der Waals surface area contributed by atoms with Crippen molar-refractivity contribution in [1.82, 2.24) is 10.1 Å². The van der Waals surface area contributed by atoms with E-state index in [1.165, 1.54) is 19.2 Å². The number of amides is 1. The Morgan fingerprint density at radius 2 is 1.97 bits per heavy atom. The van der Waals surface area contributed by atoms with E-state index in [2.05, 4.69) is 20.2 Å². The molecule has 0 bridgehead atoms. The Kier molecular flexibility index (Phi) is 6.38. The number of hydrogen-bond donors (Lipinski definition) is 1. The second-order valence-corrected chi connectivity index (χ2v) is 6.10. The van der Waals surface area contributed by atoms with Crippen molar-refractivity contribution >= 4 is 11.6 Å². The van der Waals surface area contributed by atoms with Crippen LogP contribution < -0.4 is 14.8 Å². The molecule has 0 aliphatic heterocycles. The Morgan fingerprint density at radius 3 is 2.59 bits per heavy atom. The lowest BCUT2D eigenvalue weighted by atomic mass is 10.0. The lowest BCUT2D eigenvalue weighted by molar-refractivity contribution is -0.116. The van der Waals surface area contributed by atoms with Gasteiger partial charge in [0.15, 0.2) is 5.82 Å². The zero-order chi connectivity index (χ0) is 20.8. The van der Waals surface area contributed by atoms with Crippen LogP contribution in [0, 0.1) is 6.92 Å². The standard InChI is InChI=1S/C20H19F2N3O4/c1-12-23-19(29-25-12)10-9-18(26)24-14-5-8-17(28-20(21)22)16(11-14)13-3-6-15(27-2)7-4-13/h3-8,11,20H,9-10H2,1-2H3,(H,24,26). The van der Waals surface area contributed by atoms with Crippen molar-refractivity contribution in [3.05, 3.63) is 54.2 Å². The zero-order valence-corrected chi connectivity index (χ0v) is 15.8. The summed E-state index contributed by atoms with van der Waals surface area (Å²) in [5.74, 6) is 1.23. The van der Waals surface area contributed by atoms with Crippen molar-refractivity contribution in [1.29, 1.82) is 0 Å². The van der Waals surface area contributed by atoms with Gasteiger partial charge in [0.25, 0.3) is 0 Å². The minimum absolute atomic E-state index is 0.00417. The molecular formula is C20H19F2N3O4. The average Bonchev–Trinajstić information content (AvgIpc) is 3.12. The first-order valence-electron chi connectivity index (χ1n) is 8.77. The van der Waals surface area contributed by atoms with E-state index >= 15 is 0 Å². The van der Waals surface area contributed by atoms with Crippen molar-refractivity contribution in [2.24, 2.45) is 0 Å². The fraction of sp³-hybridized carbons (Fsp3) is 0.250. The van der Waals surface area contributed by atoms with Gasteiger partial charge in [-0.25, -0.2) is 0 Å². The van der Waals surface area contributed by atoms with E-state index in [0.717, 1.165) is 0 Å². The number of carbonyl (C=O) groups is 1. The van der Waals surface area contributed by atoms with Crippen LogP contribution in [0.25, 0.3) is 11.1 Å². The van der Waals surface area contributed by atoms with E-state index < -0.39 is 6.61 Å². The fourth-order valence-electron chi connectivity index (χ4n) is 2.69. The van der Waals surface area contributed by atoms with Gasteiger partial charge in [-0.05, 0) is 42.8 Å². The number of halogens is 2. The Balaban J connectivity index is 1.77. The number of nitrogens with zero attached hydrogens (tertiary/aromatic N) is 2. The highest BCUT2D eigenvalue weighted by molar-refractivity contribution is 5.92. The van der Waals surface area contributed by atoms with Crippen LogP contribution in [0.4, 0.5) is 14.5 Å². The minimum Gasteiger partial charge on any atom is -0.497 e. The molecule has 0 saturated carbocycles. The lowest BCUT2D eigenvalue weighted by Gasteiger charge is -2.14. The monoisotopic (exact) mass is 403 g/mol. The molecule has 3 rings (SSSR count). The first kappa shape index (κ1) is 20.2. The molecule has 0 aliphatic rings. The van der Waals surface area contributed by atoms with Crippen LogP contribution in [0.1, 0.15) is 18.1 Å². The number of rotatable bonds is 8. The van der Waals surface area contributed by atoms with Crippen molar-refractivity contribution in [3.8, 4) is 22.6 Å². The topological polar surface area (TPSA) is 86.5 Å². The van der Waals surface area contributed by atoms with Crippen molar-refractivity contribution < 1.29 is 27.6 Å². The molecule has 29 heavy (non-hydrogen) atoms. The molecule has 152 valence electrons. The van der Waals surface area contributed by atoms with E-state index in [0.29, 0.717) is 40.7 Å². The number of methoxy groups -OCH3 is 1. The van der Waals surface area contributed by atoms with Crippen molar-refractivity contribution in [2.45, 2.75) is 26.4 Å². The van der Waals surface area contributed by atoms with Crippen molar-refractivity contribution in [3.63, 3.8) is 0 Å². The summed E-state index contributed by atoms with van der Waals surface area (Å²) in [7, 11) is 1.53. The molecule has 1 aromatic heterocycles. The Morgan fingerprint density at radius 1 is 1.21 bits per heavy atom. The summed E-state index contributed by atoms with van der Waals surface area (Å²) in [5.41, 5.74) is 1.50. The largest absolute Gasteiger partial charge is 0.497 e. The van der Waals surface area contributed by atoms with Crippen LogP contribution in [0.2, 0.25) is 0 Å². The Labute approximate surface area is 165 Å². The van der Waals surface area contributed by atoms with Gasteiger partial charge in [0.2, 0.25) is 11.8 Å². The molecule has 0 radical (unpaired) electrons. The highest BCUT2D eigenvalue weighted by Gasteiger charge is 2.14. The fourth-order valence-corrected chi connectivity index (χ4v) is 2.69. The van der Waals surface area contributed by atoms with Gasteiger partial charge in [-0.3, -0.25) is 4.79 Å². The smallest absolute Gasteiger partial charge is 0.387 e. The summed E-state index contributed by atoms with van der Waals surface area (Å²) in [5, 5.41) is 6.40. The summed E-state index contributed by atoms with van der Waals surface area (Å²) >= 11 is 0. The molecule has 2 aromatic carbocycles. The highest BCUT2D eigenvalue weighted by Crippen LogP contribution is 2.34. The van der Waals surface area contributed by atoms with E-state index in [9.17, 15) is 13.6 Å². The first-order chi connectivity index (χ1) is 13.9. The van der Waals surface area contributed by atoms with Crippen LogP contribution in [-0.2, 0) is 11.2 Å². The number of benzene rings is 2. The Hall–Kier alpha value is -3.49. The second-order valence-electron chi connectivity index (χ2n) is 6.10. The van der Waals surface area contributed by atoms with E-state index in [1.807, 2.05) is 0 Å². The molecule has 1 heterocycles. The molecule has 0 saturated heterocycles. The highest BCUT2D eigenvalue weighted by atomic mass is 19.3. The SMILES string of the molecule is COc1ccc(-c2cc(NC(=O)CCc3nc(C)no3)ccc2OC(F)F)cc1. The molecule has 0 atom stereocenters. The molecule has 9 heteroatoms. The van der Waals surface area contributed by atoms with Crippen LogP contribution >= 0.6 is 0 Å². The van der Waals surface area contributed by atoms with Crippen molar-refractivity contribution in [2.75, 3.05) is 12.4 Å². The van der Waals surface area contributed by atoms with Gasteiger partial charge in [0.05, 0.1) is 7.11 Å². The number of anilines is 1. The predicted octanol–water partition coefficient (Wildman–Crippen LogP) is 4.23. The lowest BCUT2D eigenvalue weighted by Crippen LogP contribution is -2.12. The maximum absolute atomic E-state index is 12.8. The zero-order valence-electron chi connectivity index (χ0n) is 15.8. The maximum atomic E-state index is 12.8. The third kappa shape index (κ3) is 5.50. The molecule has 0 aliphatic carbocycles. The number of hydrogen-bond acceptors (Lipinski definition) is 6. The molecule has 0 spiro atoms. The van der Waals surface area contributed by atoms with Gasteiger partial charge in [0, 0.05) is 24.1 Å². The number of aromatic nitrogens is 2. The maximum Gasteiger partial charge on any atom is 0.387 e. The third-order valence-electron chi connectivity index (χ3n) is 4.02. The van der Waals surface area contributed by atoms with Gasteiger partial charge < -0.3 is 19.3 Å². The minimum atomic E-state index is -2.97. The number of alkyl halides is 2. The summed E-state index contributed by atoms with van der Waals surface area (Å²) in [6, 6.07) is 11.3. The quantitative estimate of drug-likeness (QED) is 0.606. The predicted molar refractivity (Wildman–Crippen MR) is 101 cm³/mol. The summed E-state index contributed by atoms with van der Waals surface area (Å²) < 4.78 is 40.3. The third-order valence-corrected chi connectivity index (χ3v) is 4.02. The number of nitrogens with one attached hydrogen (secondary N) is 1. The van der Waals surface area contributed by atoms with Crippen LogP contribution in [0.3, 0.4) is 0 Å². The van der Waals surface area contributed by atoms with Gasteiger partial charge in [-0.1, -0.05) is 17.3 Å². The molecular weight excluding hydrogens is 384 g/mol. The van der Waals surface area contributed by atoms with Gasteiger partial charge >= 0.3 is 6.61 Å². The normalized spacial score (nSPS) is 10.8. The van der Waals surface area contributed by atoms with Gasteiger partial charge in [-0.2, -0.15) is 13.8 Å². The van der Waals surface area contributed by atoms with Gasteiger partial charge in [0.1, 0.15) is 11.5 Å². The van der Waals surface area contributed by atoms with Crippen LogP contribution in [0.5, 0.6) is 11.5 Å². The molecule has 3 aromatic rings. The molecule has 7 nitrogen and oxygen atoms in total. The average molecular weight is 403 g/mol. The number of carbonyl (C=O) groups excluding carboxylic acids is 1. The number of aryl methyl sites for hydroxylation is 2.